The Morgan fingerprint density at radius 1 is 1.15 bits per heavy atom. The molecule has 1 aromatic heterocycles. The van der Waals surface area contributed by atoms with Gasteiger partial charge in [0.05, 0.1) is 28.1 Å². The number of aryl methyl sites for hydroxylation is 1. The van der Waals surface area contributed by atoms with Gasteiger partial charge in [0.1, 0.15) is 29.8 Å². The first-order valence-corrected chi connectivity index (χ1v) is 15.2. The molecule has 0 spiro atoms. The molecule has 0 aliphatic heterocycles. The highest BCUT2D eigenvalue weighted by Gasteiger charge is 2.30. The summed E-state index contributed by atoms with van der Waals surface area (Å²) in [6.45, 7) is 0.123. The van der Waals surface area contributed by atoms with Crippen molar-refractivity contribution in [3.8, 4) is 11.3 Å². The summed E-state index contributed by atoms with van der Waals surface area (Å²) in [7, 11) is -2.40. The molecule has 12 heteroatoms. The third-order valence-corrected chi connectivity index (χ3v) is 8.94. The lowest BCUT2D eigenvalue weighted by molar-refractivity contribution is -0.0393. The number of benzene rings is 3. The number of amides is 1. The standard InChI is InChI=1S/C29H27BrF2N2O6S/c1-38-15-39-14-19-10-16(11-23(32)27(19)30)8-9-41(36,37)34-24-13-25-22(12-21(24)17-2-3-17)26(29(33)35)28(40-25)18-4-6-20(31)7-5-18/h4-7,10-13,17,34H,2-3,8-9,14-15H2,1H3,(H2,33,35). The van der Waals surface area contributed by atoms with Crippen molar-refractivity contribution in [2.24, 2.45) is 5.73 Å². The van der Waals surface area contributed by atoms with Crippen LogP contribution in [0.1, 0.15) is 45.8 Å². The van der Waals surface area contributed by atoms with E-state index in [1.54, 1.807) is 18.2 Å². The SMILES string of the molecule is COCOCc1cc(CCS(=O)(=O)Nc2cc3oc(-c4ccc(F)cc4)c(C(N)=O)c3cc2C2CC2)cc(F)c1Br. The molecule has 4 aromatic rings. The van der Waals surface area contributed by atoms with Crippen molar-refractivity contribution >= 4 is 48.5 Å². The van der Waals surface area contributed by atoms with E-state index in [-0.39, 0.29) is 52.9 Å². The van der Waals surface area contributed by atoms with Gasteiger partial charge in [0.2, 0.25) is 10.0 Å². The average molecular weight is 650 g/mol. The van der Waals surface area contributed by atoms with Gasteiger partial charge in [0, 0.05) is 24.1 Å². The zero-order chi connectivity index (χ0) is 29.3. The number of nitrogens with two attached hydrogens (primary N) is 1. The predicted octanol–water partition coefficient (Wildman–Crippen LogP) is 6.22. The van der Waals surface area contributed by atoms with Crippen LogP contribution in [0.5, 0.6) is 0 Å². The van der Waals surface area contributed by atoms with Gasteiger partial charge in [-0.3, -0.25) is 9.52 Å². The van der Waals surface area contributed by atoms with Crippen molar-refractivity contribution in [1.82, 2.24) is 0 Å². The summed E-state index contributed by atoms with van der Waals surface area (Å²) >= 11 is 3.20. The first-order chi connectivity index (χ1) is 19.6. The maximum Gasteiger partial charge on any atom is 0.253 e. The van der Waals surface area contributed by atoms with Crippen molar-refractivity contribution < 1.29 is 35.9 Å². The van der Waals surface area contributed by atoms with Crippen LogP contribution >= 0.6 is 15.9 Å². The molecule has 1 aliphatic carbocycles. The fraction of sp³-hybridized carbons (Fsp3) is 0.276. The number of methoxy groups -OCH3 is 1. The van der Waals surface area contributed by atoms with Crippen molar-refractivity contribution in [2.45, 2.75) is 31.8 Å². The second-order valence-electron chi connectivity index (χ2n) is 9.86. The fourth-order valence-electron chi connectivity index (χ4n) is 4.69. The number of carbonyl (C=O) groups excluding carboxylic acids is 1. The number of hydrogen-bond donors (Lipinski definition) is 2. The molecule has 1 fully saturated rings. The number of halogens is 3. The van der Waals surface area contributed by atoms with Crippen molar-refractivity contribution in [1.29, 1.82) is 0 Å². The summed E-state index contributed by atoms with van der Waals surface area (Å²) < 4.78 is 73.4. The molecule has 216 valence electrons. The summed E-state index contributed by atoms with van der Waals surface area (Å²) in [6, 6.07) is 11.7. The number of furan rings is 1. The quantitative estimate of drug-likeness (QED) is 0.139. The van der Waals surface area contributed by atoms with E-state index in [0.717, 1.165) is 18.4 Å². The van der Waals surface area contributed by atoms with Crippen LogP contribution in [0.3, 0.4) is 0 Å². The van der Waals surface area contributed by atoms with Gasteiger partial charge in [-0.1, -0.05) is 6.07 Å². The number of nitrogens with one attached hydrogen (secondary N) is 1. The summed E-state index contributed by atoms with van der Waals surface area (Å²) in [5, 5.41) is 0.454. The molecule has 3 aromatic carbocycles. The molecule has 0 radical (unpaired) electrons. The highest BCUT2D eigenvalue weighted by atomic mass is 79.9. The number of anilines is 1. The molecule has 41 heavy (non-hydrogen) atoms. The molecular formula is C29H27BrF2N2O6S. The molecule has 8 nitrogen and oxygen atoms in total. The van der Waals surface area contributed by atoms with E-state index in [4.69, 9.17) is 19.6 Å². The number of rotatable bonds is 12. The Morgan fingerprint density at radius 2 is 1.88 bits per heavy atom. The van der Waals surface area contributed by atoms with Crippen LogP contribution in [0.25, 0.3) is 22.3 Å². The van der Waals surface area contributed by atoms with Crippen LogP contribution in [0.4, 0.5) is 14.5 Å². The number of fused-ring (bicyclic) bond motifs is 1. The van der Waals surface area contributed by atoms with Gasteiger partial charge in [-0.2, -0.15) is 0 Å². The smallest absolute Gasteiger partial charge is 0.253 e. The van der Waals surface area contributed by atoms with Crippen molar-refractivity contribution in [3.63, 3.8) is 0 Å². The zero-order valence-electron chi connectivity index (χ0n) is 22.0. The highest BCUT2D eigenvalue weighted by Crippen LogP contribution is 2.46. The van der Waals surface area contributed by atoms with Crippen molar-refractivity contribution in [3.05, 3.63) is 86.9 Å². The number of hydrogen-bond acceptors (Lipinski definition) is 6. The van der Waals surface area contributed by atoms with Gasteiger partial charge >= 0.3 is 0 Å². The zero-order valence-corrected chi connectivity index (χ0v) is 24.4. The third-order valence-electron chi connectivity index (χ3n) is 6.78. The van der Waals surface area contributed by atoms with Gasteiger partial charge in [-0.15, -0.1) is 0 Å². The van der Waals surface area contributed by atoms with E-state index in [0.29, 0.717) is 27.8 Å². The Morgan fingerprint density at radius 3 is 2.54 bits per heavy atom. The van der Waals surface area contributed by atoms with E-state index < -0.39 is 27.6 Å². The topological polar surface area (TPSA) is 121 Å². The minimum Gasteiger partial charge on any atom is -0.455 e. The molecule has 5 rings (SSSR count). The van der Waals surface area contributed by atoms with E-state index in [1.807, 2.05) is 0 Å². The molecular weight excluding hydrogens is 622 g/mol. The lowest BCUT2D eigenvalue weighted by atomic mass is 10.0. The minimum atomic E-state index is -3.87. The first-order valence-electron chi connectivity index (χ1n) is 12.8. The summed E-state index contributed by atoms with van der Waals surface area (Å²) in [6.07, 6.45) is 1.78. The maximum atomic E-state index is 14.5. The second-order valence-corrected chi connectivity index (χ2v) is 12.5. The molecule has 1 aliphatic rings. The van der Waals surface area contributed by atoms with Gasteiger partial charge in [0.25, 0.3) is 5.91 Å². The molecule has 0 unspecified atom stereocenters. The molecule has 3 N–H and O–H groups in total. The van der Waals surface area contributed by atoms with Crippen LogP contribution in [0, 0.1) is 11.6 Å². The Kier molecular flexibility index (Phi) is 8.46. The average Bonchev–Trinajstić information content (AvgIpc) is 3.70. The van der Waals surface area contributed by atoms with E-state index in [2.05, 4.69) is 20.7 Å². The molecule has 1 saturated carbocycles. The Labute approximate surface area is 244 Å². The largest absolute Gasteiger partial charge is 0.455 e. The lowest BCUT2D eigenvalue weighted by Gasteiger charge is -2.14. The number of primary amides is 1. The second kappa shape index (κ2) is 11.9. The Bertz CT molecular complexity index is 1720. The molecule has 0 bridgehead atoms. The van der Waals surface area contributed by atoms with Gasteiger partial charge < -0.3 is 19.6 Å². The van der Waals surface area contributed by atoms with E-state index >= 15 is 0 Å². The molecule has 0 saturated heterocycles. The normalized spacial score (nSPS) is 13.6. The van der Waals surface area contributed by atoms with E-state index in [1.165, 1.54) is 37.4 Å². The van der Waals surface area contributed by atoms with Gasteiger partial charge in [-0.25, -0.2) is 17.2 Å². The van der Waals surface area contributed by atoms with E-state index in [9.17, 15) is 22.0 Å². The van der Waals surface area contributed by atoms with Crippen LogP contribution in [-0.4, -0.2) is 34.0 Å². The van der Waals surface area contributed by atoms with Crippen LogP contribution in [-0.2, 0) is 32.5 Å². The van der Waals surface area contributed by atoms with Crippen LogP contribution in [0.2, 0.25) is 0 Å². The summed E-state index contributed by atoms with van der Waals surface area (Å²) in [5.74, 6) is -1.70. The van der Waals surface area contributed by atoms with Crippen molar-refractivity contribution in [2.75, 3.05) is 24.4 Å². The minimum absolute atomic E-state index is 0.0340. The maximum absolute atomic E-state index is 14.5. The molecule has 1 heterocycles. The first kappa shape index (κ1) is 29.2. The number of carbonyl (C=O) groups is 1. The summed E-state index contributed by atoms with van der Waals surface area (Å²) in [5.41, 5.74) is 8.65. The molecule has 1 amide bonds. The predicted molar refractivity (Wildman–Crippen MR) is 154 cm³/mol. The fourth-order valence-corrected chi connectivity index (χ4v) is 6.15. The Hall–Kier alpha value is -3.32. The highest BCUT2D eigenvalue weighted by molar-refractivity contribution is 9.10. The summed E-state index contributed by atoms with van der Waals surface area (Å²) in [4.78, 5) is 12.4. The Balaban J connectivity index is 1.43. The number of sulfonamides is 1. The van der Waals surface area contributed by atoms with Gasteiger partial charge in [-0.05, 0) is 94.2 Å². The third kappa shape index (κ3) is 6.61. The van der Waals surface area contributed by atoms with Crippen LogP contribution < -0.4 is 10.5 Å². The van der Waals surface area contributed by atoms with Gasteiger partial charge in [0.15, 0.2) is 0 Å². The van der Waals surface area contributed by atoms with Crippen LogP contribution in [0.15, 0.2) is 57.4 Å². The lowest BCUT2D eigenvalue weighted by Crippen LogP contribution is -2.19. The molecule has 0 atom stereocenters. The monoisotopic (exact) mass is 648 g/mol. The number of ether oxygens (including phenoxy) is 2.